The van der Waals surface area contributed by atoms with Crippen LogP contribution in [-0.4, -0.2) is 64.3 Å². The van der Waals surface area contributed by atoms with Crippen LogP contribution in [-0.2, 0) is 4.79 Å². The molecule has 0 aliphatic carbocycles. The Labute approximate surface area is 71.6 Å². The molecule has 0 spiro atoms. The van der Waals surface area contributed by atoms with Crippen LogP contribution in [0.25, 0.3) is 0 Å². The fourth-order valence-electron chi connectivity index (χ4n) is 0.531. The van der Waals surface area contributed by atoms with Gasteiger partial charge < -0.3 is 25.5 Å². The molecule has 0 radical (unpaired) electrons. The van der Waals surface area contributed by atoms with E-state index in [1.165, 1.54) is 0 Å². The molecule has 5 N–H and O–H groups in total. The lowest BCUT2D eigenvalue weighted by Gasteiger charge is -2.16. The number of ketones is 1. The Hall–Kier alpha value is -0.530. The highest BCUT2D eigenvalue weighted by atomic mass is 16.4. The maximum atomic E-state index is 11.0. The Balaban J connectivity index is 4.31. The summed E-state index contributed by atoms with van der Waals surface area (Å²) >= 11 is 0. The van der Waals surface area contributed by atoms with E-state index in [9.17, 15) is 4.79 Å². The average Bonchev–Trinajstić information content (AvgIpc) is 2.23. The summed E-state index contributed by atoms with van der Waals surface area (Å²) in [6.07, 6.45) is -5.77. The first-order chi connectivity index (χ1) is 6.45. The minimum Gasteiger partial charge on any atom is -0.394 e. The summed E-state index contributed by atoms with van der Waals surface area (Å²) in [4.78, 5) is 11.0. The number of aliphatic hydroxyl groups is 5. The molecule has 6 nitrogen and oxygen atoms in total. The molecule has 12 heavy (non-hydrogen) atoms. The summed E-state index contributed by atoms with van der Waals surface area (Å²) in [5, 5.41) is 38.7. The fraction of sp³-hybridized carbons (Fsp3) is 0.833. The van der Waals surface area contributed by atoms with Crippen LogP contribution in [0.4, 0.5) is 0 Å². The van der Waals surface area contributed by atoms with Gasteiger partial charge in [0.1, 0.15) is 18.3 Å². The molecule has 0 aromatic rings. The quantitative estimate of drug-likeness (QED) is 0.292. The molecule has 0 saturated heterocycles. The minimum atomic E-state index is -2.04. The molecule has 0 aliphatic rings. The standard InChI is InChI=1S/C6H12O6/c7-1-3(9)5(11)6(12)4(10)2-8/h3-5,7-11H,1-2H2/t3-,4+,5-/m1/s1/i2D,8D/t2?,3-,4+,5-. The van der Waals surface area contributed by atoms with Crippen molar-refractivity contribution in [2.24, 2.45) is 0 Å². The highest BCUT2D eigenvalue weighted by Crippen LogP contribution is 1.98. The number of Topliss-reactive ketones (excluding diaryl/α,β-unsaturated/α-hetero) is 1. The van der Waals surface area contributed by atoms with E-state index in [1.807, 2.05) is 0 Å². The lowest BCUT2D eigenvalue weighted by atomic mass is 10.1. The zero-order chi connectivity index (χ0) is 11.3. The Morgan fingerprint density at radius 2 is 2.08 bits per heavy atom. The van der Waals surface area contributed by atoms with Crippen molar-refractivity contribution in [1.82, 2.24) is 0 Å². The second-order valence-corrected chi connectivity index (χ2v) is 2.18. The van der Waals surface area contributed by atoms with Gasteiger partial charge in [-0.2, -0.15) is 0 Å². The third-order valence-corrected chi connectivity index (χ3v) is 1.26. The molecule has 1 unspecified atom stereocenters. The number of carbonyl (C=O) groups excluding carboxylic acids is 1. The maximum Gasteiger partial charge on any atom is 0.210 e. The predicted molar refractivity (Wildman–Crippen MR) is 37.2 cm³/mol. The van der Waals surface area contributed by atoms with Gasteiger partial charge >= 0.3 is 0 Å². The zero-order valence-electron chi connectivity index (χ0n) is 8.12. The summed E-state index contributed by atoms with van der Waals surface area (Å²) < 4.78 is 13.0. The summed E-state index contributed by atoms with van der Waals surface area (Å²) in [6.45, 7) is -2.72. The van der Waals surface area contributed by atoms with E-state index in [0.717, 1.165) is 0 Å². The van der Waals surface area contributed by atoms with Gasteiger partial charge in [-0.25, -0.2) is 0 Å². The van der Waals surface area contributed by atoms with E-state index in [2.05, 4.69) is 5.11 Å². The first-order valence-electron chi connectivity index (χ1n) is 4.17. The Kier molecular flexibility index (Phi) is 3.49. The lowest BCUT2D eigenvalue weighted by Crippen LogP contribution is -2.43. The van der Waals surface area contributed by atoms with Gasteiger partial charge in [0.15, 0.2) is 5.78 Å². The molecule has 0 fully saturated rings. The van der Waals surface area contributed by atoms with Gasteiger partial charge in [-0.3, -0.25) is 4.79 Å². The molecule has 0 aliphatic heterocycles. The topological polar surface area (TPSA) is 118 Å². The second-order valence-electron chi connectivity index (χ2n) is 2.18. The van der Waals surface area contributed by atoms with E-state index < -0.39 is 37.3 Å². The van der Waals surface area contributed by atoms with Gasteiger partial charge in [0.05, 0.1) is 14.6 Å². The van der Waals surface area contributed by atoms with E-state index in [-0.39, 0.29) is 0 Å². The lowest BCUT2D eigenvalue weighted by molar-refractivity contribution is -0.144. The predicted octanol–water partition coefficient (Wildman–Crippen LogP) is -3.38. The van der Waals surface area contributed by atoms with Crippen molar-refractivity contribution in [2.75, 3.05) is 13.2 Å². The van der Waals surface area contributed by atoms with E-state index in [0.29, 0.717) is 0 Å². The first-order valence-corrected chi connectivity index (χ1v) is 3.18. The molecule has 0 saturated carbocycles. The zero-order valence-corrected chi connectivity index (χ0v) is 6.12. The largest absolute Gasteiger partial charge is 0.394 e. The second kappa shape index (κ2) is 5.18. The smallest absolute Gasteiger partial charge is 0.210 e. The molecule has 0 aromatic carbocycles. The van der Waals surface area contributed by atoms with Crippen molar-refractivity contribution in [2.45, 2.75) is 18.3 Å². The molecule has 6 heteroatoms. The average molecular weight is 182 g/mol. The van der Waals surface area contributed by atoms with E-state index in [4.69, 9.17) is 23.2 Å². The van der Waals surface area contributed by atoms with Crippen molar-refractivity contribution >= 4 is 5.78 Å². The number of carbonyl (C=O) groups is 1. The highest BCUT2D eigenvalue weighted by Gasteiger charge is 2.28. The molecule has 0 aromatic heterocycles. The van der Waals surface area contributed by atoms with Gasteiger partial charge in [0, 0.05) is 0 Å². The van der Waals surface area contributed by atoms with Crippen molar-refractivity contribution in [1.29, 1.82) is 1.43 Å². The van der Waals surface area contributed by atoms with Crippen LogP contribution in [0.2, 0.25) is 0 Å². The molecular formula is C6H12O6. The van der Waals surface area contributed by atoms with E-state index in [1.54, 1.807) is 0 Å². The number of rotatable bonds is 6. The molecule has 0 amide bonds. The number of aliphatic hydroxyl groups excluding tert-OH is 5. The van der Waals surface area contributed by atoms with Crippen LogP contribution in [0.1, 0.15) is 1.37 Å². The van der Waals surface area contributed by atoms with Gasteiger partial charge in [-0.05, 0) is 0 Å². The molecule has 0 rings (SSSR count). The van der Waals surface area contributed by atoms with Gasteiger partial charge in [0.2, 0.25) is 1.43 Å². The van der Waals surface area contributed by atoms with Gasteiger partial charge in [0.25, 0.3) is 0 Å². The maximum absolute atomic E-state index is 11.0. The number of hydrogen-bond acceptors (Lipinski definition) is 6. The summed E-state index contributed by atoms with van der Waals surface area (Å²) in [7, 11) is 0. The summed E-state index contributed by atoms with van der Waals surface area (Å²) in [6, 6.07) is 0. The third-order valence-electron chi connectivity index (χ3n) is 1.26. The fourth-order valence-corrected chi connectivity index (χ4v) is 0.531. The van der Waals surface area contributed by atoms with Crippen LogP contribution in [0.5, 0.6) is 0 Å². The monoisotopic (exact) mass is 182 g/mol. The highest BCUT2D eigenvalue weighted by molar-refractivity contribution is 5.87. The first kappa shape index (κ1) is 8.09. The molecule has 4 atom stereocenters. The van der Waals surface area contributed by atoms with Crippen LogP contribution < -0.4 is 0 Å². The van der Waals surface area contributed by atoms with Crippen LogP contribution >= 0.6 is 0 Å². The Morgan fingerprint density at radius 1 is 1.50 bits per heavy atom. The summed E-state index contributed by atoms with van der Waals surface area (Å²) in [5.74, 6) is -1.28. The third kappa shape index (κ3) is 2.84. The van der Waals surface area contributed by atoms with E-state index >= 15 is 0 Å². The molecule has 72 valence electrons. The van der Waals surface area contributed by atoms with Crippen molar-refractivity contribution in [3.05, 3.63) is 0 Å². The molecule has 0 heterocycles. The SMILES string of the molecule is [2H]OC([2H])[C@H](O)C(=O)[C@H](O)[C@H](O)CO. The van der Waals surface area contributed by atoms with Crippen LogP contribution in [0.15, 0.2) is 0 Å². The van der Waals surface area contributed by atoms with Crippen molar-refractivity contribution < 1.29 is 31.7 Å². The number of hydrogen-bond donors (Lipinski definition) is 5. The Bertz CT molecular complexity index is 171. The van der Waals surface area contributed by atoms with Crippen LogP contribution in [0, 0.1) is 0 Å². The van der Waals surface area contributed by atoms with Crippen molar-refractivity contribution in [3.63, 3.8) is 0 Å². The van der Waals surface area contributed by atoms with Gasteiger partial charge in [-0.15, -0.1) is 0 Å². The molecule has 0 bridgehead atoms. The minimum absolute atomic E-state index is 0.857. The van der Waals surface area contributed by atoms with Gasteiger partial charge in [-0.1, -0.05) is 0 Å². The van der Waals surface area contributed by atoms with Crippen LogP contribution in [0.3, 0.4) is 0 Å². The molecular weight excluding hydrogens is 168 g/mol. The Morgan fingerprint density at radius 3 is 2.50 bits per heavy atom. The van der Waals surface area contributed by atoms with Crippen molar-refractivity contribution in [3.8, 4) is 0 Å². The normalized spacial score (nSPS) is 23.3. The summed E-state index contributed by atoms with van der Waals surface area (Å²) in [5.41, 5.74) is 0.